The van der Waals surface area contributed by atoms with Crippen LogP contribution in [0.1, 0.15) is 10.4 Å². The maximum absolute atomic E-state index is 11.1. The van der Waals surface area contributed by atoms with Crippen molar-refractivity contribution in [3.63, 3.8) is 0 Å². The number of hydrogen-bond acceptors (Lipinski definition) is 6. The number of nitrogens with two attached hydrogens (primary N) is 2. The van der Waals surface area contributed by atoms with Crippen molar-refractivity contribution < 1.29 is 19.2 Å². The molecule has 4 N–H and O–H groups in total. The Kier molecular flexibility index (Phi) is 3.86. The molecule has 0 fully saturated rings. The van der Waals surface area contributed by atoms with Gasteiger partial charge in [-0.2, -0.15) is 0 Å². The Morgan fingerprint density at radius 3 is 2.47 bits per heavy atom. The minimum absolute atomic E-state index is 0.442. The van der Waals surface area contributed by atoms with Crippen molar-refractivity contribution in [1.82, 2.24) is 0 Å². The number of ether oxygens (including phenoxy) is 1. The molecule has 1 aromatic carbocycles. The van der Waals surface area contributed by atoms with Gasteiger partial charge in [-0.25, -0.2) is 4.79 Å². The zero-order chi connectivity index (χ0) is 14.6. The van der Waals surface area contributed by atoms with Crippen molar-refractivity contribution in [2.24, 2.45) is 16.6 Å². The van der Waals surface area contributed by atoms with E-state index in [-0.39, 0.29) is 0 Å². The van der Waals surface area contributed by atoms with Gasteiger partial charge in [0, 0.05) is 4.91 Å². The SMILES string of the molecule is [N-]=[N+]=Nc1ccc(C(N)=O)c(OC(N)=O)c1[N+](=O)[O-]. The Hall–Kier alpha value is -3.33. The van der Waals surface area contributed by atoms with Gasteiger partial charge in [-0.05, 0) is 17.7 Å². The summed E-state index contributed by atoms with van der Waals surface area (Å²) < 4.78 is 4.40. The number of rotatable bonds is 4. The highest BCUT2D eigenvalue weighted by molar-refractivity contribution is 5.99. The third-order valence-electron chi connectivity index (χ3n) is 1.91. The first kappa shape index (κ1) is 13.7. The second kappa shape index (κ2) is 5.33. The lowest BCUT2D eigenvalue weighted by atomic mass is 10.1. The Labute approximate surface area is 104 Å². The second-order valence-corrected chi connectivity index (χ2v) is 3.04. The van der Waals surface area contributed by atoms with Gasteiger partial charge in [-0.3, -0.25) is 14.9 Å². The molecule has 19 heavy (non-hydrogen) atoms. The van der Waals surface area contributed by atoms with Crippen LogP contribution in [0.15, 0.2) is 17.2 Å². The molecule has 0 heterocycles. The summed E-state index contributed by atoms with van der Waals surface area (Å²) in [5.41, 5.74) is 16.2. The third kappa shape index (κ3) is 2.87. The van der Waals surface area contributed by atoms with E-state index in [1.54, 1.807) is 0 Å². The monoisotopic (exact) mass is 266 g/mol. The molecule has 11 heteroatoms. The van der Waals surface area contributed by atoms with E-state index < -0.39 is 39.6 Å². The number of hydrogen-bond donors (Lipinski definition) is 2. The molecule has 1 rings (SSSR count). The maximum Gasteiger partial charge on any atom is 0.410 e. The molecule has 0 atom stereocenters. The van der Waals surface area contributed by atoms with Gasteiger partial charge in [-0.1, -0.05) is 5.11 Å². The minimum atomic E-state index is -1.39. The van der Waals surface area contributed by atoms with Crippen LogP contribution in [0.4, 0.5) is 16.2 Å². The van der Waals surface area contributed by atoms with Gasteiger partial charge in [0.05, 0.1) is 10.5 Å². The van der Waals surface area contributed by atoms with E-state index in [4.69, 9.17) is 17.0 Å². The van der Waals surface area contributed by atoms with Crippen molar-refractivity contribution in [2.75, 3.05) is 0 Å². The smallest absolute Gasteiger partial charge is 0.402 e. The largest absolute Gasteiger partial charge is 0.410 e. The highest BCUT2D eigenvalue weighted by Gasteiger charge is 2.27. The standard InChI is InChI=1S/C8H6N6O5/c9-7(15)3-1-2-4(12-13-11)5(14(17)18)6(3)19-8(10)16/h1-2H,(H2,9,15)(H2,10,16). The van der Waals surface area contributed by atoms with Crippen LogP contribution < -0.4 is 16.2 Å². The Morgan fingerprint density at radius 2 is 2.05 bits per heavy atom. The van der Waals surface area contributed by atoms with E-state index in [1.807, 2.05) is 0 Å². The molecular formula is C8H6N6O5. The van der Waals surface area contributed by atoms with Crippen LogP contribution in [0.3, 0.4) is 0 Å². The molecule has 98 valence electrons. The predicted octanol–water partition coefficient (Wildman–Crippen LogP) is 1.09. The number of carbonyl (C=O) groups excluding carboxylic acids is 2. The molecule has 0 aromatic heterocycles. The Bertz CT molecular complexity index is 620. The van der Waals surface area contributed by atoms with Crippen molar-refractivity contribution in [3.05, 3.63) is 38.3 Å². The number of amides is 2. The first-order valence-electron chi connectivity index (χ1n) is 4.52. The quantitative estimate of drug-likeness (QED) is 0.270. The van der Waals surface area contributed by atoms with Gasteiger partial charge in [-0.15, -0.1) is 0 Å². The van der Waals surface area contributed by atoms with Crippen LogP contribution in [0, 0.1) is 10.1 Å². The second-order valence-electron chi connectivity index (χ2n) is 3.04. The summed E-state index contributed by atoms with van der Waals surface area (Å²) in [6, 6.07) is 2.00. The highest BCUT2D eigenvalue weighted by atomic mass is 16.6. The number of nitrogens with zero attached hydrogens (tertiary/aromatic N) is 4. The molecule has 0 saturated carbocycles. The summed E-state index contributed by atoms with van der Waals surface area (Å²) >= 11 is 0. The highest BCUT2D eigenvalue weighted by Crippen LogP contribution is 2.39. The zero-order valence-electron chi connectivity index (χ0n) is 9.14. The number of nitro groups is 1. The number of azide groups is 1. The van der Waals surface area contributed by atoms with Crippen LogP contribution in [-0.2, 0) is 0 Å². The van der Waals surface area contributed by atoms with E-state index in [0.29, 0.717) is 0 Å². The van der Waals surface area contributed by atoms with Crippen molar-refractivity contribution >= 4 is 23.4 Å². The van der Waals surface area contributed by atoms with E-state index in [9.17, 15) is 19.7 Å². The third-order valence-corrected chi connectivity index (χ3v) is 1.91. The molecule has 0 aliphatic rings. The molecule has 11 nitrogen and oxygen atoms in total. The number of primary amides is 2. The maximum atomic E-state index is 11.1. The fraction of sp³-hybridized carbons (Fsp3) is 0. The zero-order valence-corrected chi connectivity index (χ0v) is 9.14. The predicted molar refractivity (Wildman–Crippen MR) is 60.6 cm³/mol. The number of nitro benzene ring substituents is 1. The lowest BCUT2D eigenvalue weighted by Crippen LogP contribution is -2.21. The van der Waals surface area contributed by atoms with Gasteiger partial charge in [0.25, 0.3) is 5.91 Å². The molecule has 0 bridgehead atoms. The van der Waals surface area contributed by atoms with Gasteiger partial charge in [0.15, 0.2) is 0 Å². The van der Waals surface area contributed by atoms with Crippen LogP contribution in [0.25, 0.3) is 10.4 Å². The summed E-state index contributed by atoms with van der Waals surface area (Å²) in [6.07, 6.45) is -1.39. The molecular weight excluding hydrogens is 260 g/mol. The first-order valence-corrected chi connectivity index (χ1v) is 4.52. The summed E-state index contributed by atoms with van der Waals surface area (Å²) in [5.74, 6) is -1.85. The van der Waals surface area contributed by atoms with Gasteiger partial charge >= 0.3 is 11.8 Å². The number of carbonyl (C=O) groups is 2. The van der Waals surface area contributed by atoms with E-state index in [1.165, 1.54) is 0 Å². The number of benzene rings is 1. The first-order chi connectivity index (χ1) is 8.88. The fourth-order valence-electron chi connectivity index (χ4n) is 1.26. The average molecular weight is 266 g/mol. The van der Waals surface area contributed by atoms with Crippen LogP contribution >= 0.6 is 0 Å². The van der Waals surface area contributed by atoms with E-state index in [2.05, 4.69) is 14.8 Å². The molecule has 0 spiro atoms. The van der Waals surface area contributed by atoms with Gasteiger partial charge in [0.2, 0.25) is 5.75 Å². The summed E-state index contributed by atoms with van der Waals surface area (Å²) in [5, 5.41) is 14.0. The molecule has 0 radical (unpaired) electrons. The average Bonchev–Trinajstić information content (AvgIpc) is 2.27. The molecule has 0 aliphatic carbocycles. The molecule has 0 unspecified atom stereocenters. The van der Waals surface area contributed by atoms with Crippen LogP contribution in [-0.4, -0.2) is 16.9 Å². The summed E-state index contributed by atoms with van der Waals surface area (Å²) in [7, 11) is 0. The minimum Gasteiger partial charge on any atom is -0.402 e. The fourth-order valence-corrected chi connectivity index (χ4v) is 1.26. The van der Waals surface area contributed by atoms with Gasteiger partial charge in [0.1, 0.15) is 5.69 Å². The molecule has 0 saturated heterocycles. The van der Waals surface area contributed by atoms with Crippen molar-refractivity contribution in [2.45, 2.75) is 0 Å². The lowest BCUT2D eigenvalue weighted by molar-refractivity contribution is -0.384. The van der Waals surface area contributed by atoms with Crippen LogP contribution in [0.5, 0.6) is 5.75 Å². The van der Waals surface area contributed by atoms with E-state index in [0.717, 1.165) is 12.1 Å². The van der Waals surface area contributed by atoms with Crippen LogP contribution in [0.2, 0.25) is 0 Å². The Balaban J connectivity index is 3.69. The van der Waals surface area contributed by atoms with Crippen molar-refractivity contribution in [3.8, 4) is 5.75 Å². The van der Waals surface area contributed by atoms with E-state index >= 15 is 0 Å². The lowest BCUT2D eigenvalue weighted by Gasteiger charge is -2.07. The van der Waals surface area contributed by atoms with Crippen molar-refractivity contribution in [1.29, 1.82) is 0 Å². The Morgan fingerprint density at radius 1 is 1.42 bits per heavy atom. The topological polar surface area (TPSA) is 187 Å². The van der Waals surface area contributed by atoms with Gasteiger partial charge < -0.3 is 16.2 Å². The summed E-state index contributed by atoms with van der Waals surface area (Å²) in [4.78, 5) is 34.1. The molecule has 0 aliphatic heterocycles. The normalized spacial score (nSPS) is 9.26. The summed E-state index contributed by atoms with van der Waals surface area (Å²) in [6.45, 7) is 0. The molecule has 2 amide bonds. The molecule has 1 aromatic rings.